The number of unbranched alkanes of at least 4 members (excludes halogenated alkanes) is 2. The van der Waals surface area contributed by atoms with Crippen molar-refractivity contribution in [3.8, 4) is 0 Å². The largest absolute Gasteiger partial charge is 0.317 e. The SMILES string of the molecule is CCCCN(C)CCCCC(C)NC. The van der Waals surface area contributed by atoms with Crippen molar-refractivity contribution in [3.63, 3.8) is 0 Å². The molecule has 0 aliphatic rings. The molecule has 14 heavy (non-hydrogen) atoms. The fourth-order valence-electron chi connectivity index (χ4n) is 1.52. The van der Waals surface area contributed by atoms with E-state index in [1.807, 2.05) is 7.05 Å². The minimum Gasteiger partial charge on any atom is -0.317 e. The molecule has 0 aliphatic heterocycles. The molecule has 0 radical (unpaired) electrons. The maximum Gasteiger partial charge on any atom is 0.00357 e. The molecule has 2 nitrogen and oxygen atoms in total. The van der Waals surface area contributed by atoms with Gasteiger partial charge in [-0.2, -0.15) is 0 Å². The molecule has 2 heteroatoms. The maximum atomic E-state index is 3.27. The molecule has 0 bridgehead atoms. The molecular weight excluding hydrogens is 172 g/mol. The number of hydrogen-bond acceptors (Lipinski definition) is 2. The number of hydrogen-bond donors (Lipinski definition) is 1. The van der Waals surface area contributed by atoms with E-state index in [0.29, 0.717) is 6.04 Å². The van der Waals surface area contributed by atoms with Gasteiger partial charge in [0.2, 0.25) is 0 Å². The summed E-state index contributed by atoms with van der Waals surface area (Å²) in [4.78, 5) is 2.45. The topological polar surface area (TPSA) is 15.3 Å². The zero-order valence-electron chi connectivity index (χ0n) is 10.5. The summed E-state index contributed by atoms with van der Waals surface area (Å²) in [6, 6.07) is 0.677. The molecule has 0 aromatic carbocycles. The number of rotatable bonds is 9. The van der Waals surface area contributed by atoms with Crippen molar-refractivity contribution in [2.45, 2.75) is 52.0 Å². The monoisotopic (exact) mass is 200 g/mol. The molecule has 0 aromatic heterocycles. The van der Waals surface area contributed by atoms with E-state index in [1.165, 1.54) is 45.2 Å². The first-order valence-corrected chi connectivity index (χ1v) is 6.06. The first-order valence-electron chi connectivity index (χ1n) is 6.06. The Morgan fingerprint density at radius 3 is 2.36 bits per heavy atom. The maximum absolute atomic E-state index is 3.27. The second-order valence-electron chi connectivity index (χ2n) is 4.34. The second-order valence-corrected chi connectivity index (χ2v) is 4.34. The van der Waals surface area contributed by atoms with Gasteiger partial charge in [-0.3, -0.25) is 0 Å². The van der Waals surface area contributed by atoms with Gasteiger partial charge in [0.25, 0.3) is 0 Å². The van der Waals surface area contributed by atoms with Crippen LogP contribution in [0.1, 0.15) is 46.0 Å². The summed E-state index contributed by atoms with van der Waals surface area (Å²) in [5.74, 6) is 0. The third kappa shape index (κ3) is 8.52. The predicted octanol–water partition coefficient (Wildman–Crippen LogP) is 2.50. The Balaban J connectivity index is 3.18. The highest BCUT2D eigenvalue weighted by atomic mass is 15.1. The standard InChI is InChI=1S/C12H28N2/c1-5-6-10-14(4)11-8-7-9-12(2)13-3/h12-13H,5-11H2,1-4H3. The van der Waals surface area contributed by atoms with Crippen LogP contribution < -0.4 is 5.32 Å². The van der Waals surface area contributed by atoms with Crippen LogP contribution in [-0.2, 0) is 0 Å². The molecule has 0 aliphatic carbocycles. The lowest BCUT2D eigenvalue weighted by atomic mass is 10.1. The van der Waals surface area contributed by atoms with Gasteiger partial charge in [0.15, 0.2) is 0 Å². The average Bonchev–Trinajstić information content (AvgIpc) is 2.21. The van der Waals surface area contributed by atoms with Gasteiger partial charge in [-0.1, -0.05) is 19.8 Å². The fourth-order valence-corrected chi connectivity index (χ4v) is 1.52. The first kappa shape index (κ1) is 13.9. The van der Waals surface area contributed by atoms with Crippen LogP contribution in [0.2, 0.25) is 0 Å². The molecule has 0 heterocycles. The van der Waals surface area contributed by atoms with Crippen LogP contribution in [0, 0.1) is 0 Å². The molecule has 0 rings (SSSR count). The summed E-state index contributed by atoms with van der Waals surface area (Å²) < 4.78 is 0. The minimum atomic E-state index is 0.677. The van der Waals surface area contributed by atoms with Crippen molar-refractivity contribution >= 4 is 0 Å². The number of nitrogens with one attached hydrogen (secondary N) is 1. The molecule has 1 N–H and O–H groups in total. The van der Waals surface area contributed by atoms with Crippen LogP contribution in [0.4, 0.5) is 0 Å². The van der Waals surface area contributed by atoms with Gasteiger partial charge in [0.1, 0.15) is 0 Å². The van der Waals surface area contributed by atoms with E-state index in [1.54, 1.807) is 0 Å². The first-order chi connectivity index (χ1) is 6.70. The Kier molecular flexibility index (Phi) is 9.42. The van der Waals surface area contributed by atoms with E-state index in [4.69, 9.17) is 0 Å². The molecule has 0 saturated heterocycles. The summed E-state index contributed by atoms with van der Waals surface area (Å²) in [5.41, 5.74) is 0. The molecular formula is C12H28N2. The minimum absolute atomic E-state index is 0.677. The molecule has 0 aromatic rings. The van der Waals surface area contributed by atoms with E-state index in [2.05, 4.69) is 31.1 Å². The smallest absolute Gasteiger partial charge is 0.00357 e. The van der Waals surface area contributed by atoms with Crippen LogP contribution in [0.25, 0.3) is 0 Å². The van der Waals surface area contributed by atoms with Gasteiger partial charge in [-0.05, 0) is 53.4 Å². The molecule has 0 fully saturated rings. The lowest BCUT2D eigenvalue weighted by Gasteiger charge is -2.16. The van der Waals surface area contributed by atoms with Crippen molar-refractivity contribution in [1.82, 2.24) is 10.2 Å². The molecule has 0 spiro atoms. The summed E-state index contributed by atoms with van der Waals surface area (Å²) in [6.45, 7) is 7.03. The summed E-state index contributed by atoms with van der Waals surface area (Å²) in [6.07, 6.45) is 6.63. The van der Waals surface area contributed by atoms with Gasteiger partial charge in [0.05, 0.1) is 0 Å². The highest BCUT2D eigenvalue weighted by Gasteiger charge is 1.99. The van der Waals surface area contributed by atoms with E-state index < -0.39 is 0 Å². The Bertz CT molecular complexity index is 115. The lowest BCUT2D eigenvalue weighted by molar-refractivity contribution is 0.316. The summed E-state index contributed by atoms with van der Waals surface area (Å²) in [7, 11) is 4.27. The number of nitrogens with zero attached hydrogens (tertiary/aromatic N) is 1. The van der Waals surface area contributed by atoms with Gasteiger partial charge in [0, 0.05) is 6.04 Å². The van der Waals surface area contributed by atoms with Crippen LogP contribution >= 0.6 is 0 Å². The summed E-state index contributed by atoms with van der Waals surface area (Å²) >= 11 is 0. The van der Waals surface area contributed by atoms with Crippen molar-refractivity contribution in [2.24, 2.45) is 0 Å². The fraction of sp³-hybridized carbons (Fsp3) is 1.00. The zero-order chi connectivity index (χ0) is 10.8. The normalized spacial score (nSPS) is 13.5. The van der Waals surface area contributed by atoms with Crippen molar-refractivity contribution in [2.75, 3.05) is 27.2 Å². The molecule has 0 amide bonds. The van der Waals surface area contributed by atoms with Crippen molar-refractivity contribution in [3.05, 3.63) is 0 Å². The van der Waals surface area contributed by atoms with Crippen LogP contribution in [0.15, 0.2) is 0 Å². The van der Waals surface area contributed by atoms with E-state index in [0.717, 1.165) is 0 Å². The Labute approximate surface area is 90.1 Å². The highest BCUT2D eigenvalue weighted by Crippen LogP contribution is 2.01. The van der Waals surface area contributed by atoms with E-state index in [-0.39, 0.29) is 0 Å². The Hall–Kier alpha value is -0.0800. The van der Waals surface area contributed by atoms with Gasteiger partial charge >= 0.3 is 0 Å². The van der Waals surface area contributed by atoms with Crippen molar-refractivity contribution < 1.29 is 0 Å². The molecule has 86 valence electrons. The second kappa shape index (κ2) is 9.47. The van der Waals surface area contributed by atoms with Crippen LogP contribution in [-0.4, -0.2) is 38.1 Å². The van der Waals surface area contributed by atoms with Gasteiger partial charge in [-0.15, -0.1) is 0 Å². The molecule has 1 unspecified atom stereocenters. The van der Waals surface area contributed by atoms with E-state index >= 15 is 0 Å². The van der Waals surface area contributed by atoms with Crippen LogP contribution in [0.5, 0.6) is 0 Å². The van der Waals surface area contributed by atoms with Crippen molar-refractivity contribution in [1.29, 1.82) is 0 Å². The quantitative estimate of drug-likeness (QED) is 0.575. The van der Waals surface area contributed by atoms with Gasteiger partial charge < -0.3 is 10.2 Å². The van der Waals surface area contributed by atoms with E-state index in [9.17, 15) is 0 Å². The highest BCUT2D eigenvalue weighted by molar-refractivity contribution is 4.58. The van der Waals surface area contributed by atoms with Crippen LogP contribution in [0.3, 0.4) is 0 Å². The third-order valence-electron chi connectivity index (χ3n) is 2.81. The third-order valence-corrected chi connectivity index (χ3v) is 2.81. The average molecular weight is 200 g/mol. The van der Waals surface area contributed by atoms with Gasteiger partial charge in [-0.25, -0.2) is 0 Å². The Morgan fingerprint density at radius 2 is 1.79 bits per heavy atom. The molecule has 0 saturated carbocycles. The zero-order valence-corrected chi connectivity index (χ0v) is 10.5. The predicted molar refractivity (Wildman–Crippen MR) is 64.8 cm³/mol. The molecule has 1 atom stereocenters. The summed E-state index contributed by atoms with van der Waals surface area (Å²) in [5, 5.41) is 3.27. The lowest BCUT2D eigenvalue weighted by Crippen LogP contribution is -2.23. The Morgan fingerprint density at radius 1 is 1.14 bits per heavy atom.